The number of ether oxygens (including phenoxy) is 1. The lowest BCUT2D eigenvalue weighted by Gasteiger charge is -2.23. The molecular weight excluding hydrogens is 266 g/mol. The molecule has 3 unspecified atom stereocenters. The van der Waals surface area contributed by atoms with E-state index in [1.165, 1.54) is 0 Å². The van der Waals surface area contributed by atoms with Crippen molar-refractivity contribution in [3.8, 4) is 5.75 Å². The lowest BCUT2D eigenvalue weighted by Crippen LogP contribution is -2.36. The minimum atomic E-state index is -0.539. The molecule has 0 bridgehead atoms. The summed E-state index contributed by atoms with van der Waals surface area (Å²) in [4.78, 5) is 0. The highest BCUT2D eigenvalue weighted by Crippen LogP contribution is 2.17. The van der Waals surface area contributed by atoms with Gasteiger partial charge in [-0.3, -0.25) is 4.68 Å². The zero-order chi connectivity index (χ0) is 15.2. The molecular formula is C16H23N3O2. The van der Waals surface area contributed by atoms with Crippen LogP contribution in [0.25, 0.3) is 0 Å². The lowest BCUT2D eigenvalue weighted by molar-refractivity contribution is 0.165. The molecule has 0 aliphatic carbocycles. The molecule has 2 N–H and O–H groups in total. The molecule has 2 rings (SSSR count). The van der Waals surface area contributed by atoms with Gasteiger partial charge in [0, 0.05) is 25.0 Å². The molecule has 0 saturated carbocycles. The molecule has 0 aliphatic heterocycles. The summed E-state index contributed by atoms with van der Waals surface area (Å²) in [7, 11) is 1.63. The summed E-state index contributed by atoms with van der Waals surface area (Å²) in [6.07, 6.45) is 3.18. The molecule has 3 atom stereocenters. The fraction of sp³-hybridized carbons (Fsp3) is 0.438. The second-order valence-electron chi connectivity index (χ2n) is 5.21. The number of rotatable bonds is 7. The third-order valence-corrected chi connectivity index (χ3v) is 3.80. The number of hydrogen-bond acceptors (Lipinski definition) is 4. The predicted octanol–water partition coefficient (Wildman–Crippen LogP) is 2.16. The van der Waals surface area contributed by atoms with E-state index in [1.807, 2.05) is 41.2 Å². The van der Waals surface area contributed by atoms with E-state index >= 15 is 0 Å². The Morgan fingerprint density at radius 2 is 2.00 bits per heavy atom. The van der Waals surface area contributed by atoms with Crippen LogP contribution in [-0.4, -0.2) is 34.6 Å². The van der Waals surface area contributed by atoms with E-state index in [2.05, 4.69) is 24.3 Å². The van der Waals surface area contributed by atoms with Gasteiger partial charge in [0.25, 0.3) is 0 Å². The van der Waals surface area contributed by atoms with Crippen molar-refractivity contribution in [1.29, 1.82) is 0 Å². The average molecular weight is 289 g/mol. The Kier molecular flexibility index (Phi) is 5.36. The molecule has 2 aromatic rings. The normalized spacial score (nSPS) is 15.4. The summed E-state index contributed by atoms with van der Waals surface area (Å²) in [5, 5.41) is 17.8. The smallest absolute Gasteiger partial charge is 0.118 e. The topological polar surface area (TPSA) is 59.3 Å². The van der Waals surface area contributed by atoms with Crippen LogP contribution in [0.4, 0.5) is 0 Å². The third kappa shape index (κ3) is 4.06. The first kappa shape index (κ1) is 15.5. The molecule has 21 heavy (non-hydrogen) atoms. The number of aliphatic hydroxyl groups is 1. The molecule has 0 fully saturated rings. The molecule has 0 saturated heterocycles. The fourth-order valence-corrected chi connectivity index (χ4v) is 2.16. The first-order valence-electron chi connectivity index (χ1n) is 7.16. The van der Waals surface area contributed by atoms with Gasteiger partial charge in [-0.05, 0) is 37.6 Å². The Bertz CT molecular complexity index is 525. The minimum absolute atomic E-state index is 0.206. The molecule has 1 aromatic heterocycles. The monoisotopic (exact) mass is 289 g/mol. The maximum atomic E-state index is 10.2. The van der Waals surface area contributed by atoms with E-state index < -0.39 is 6.10 Å². The van der Waals surface area contributed by atoms with Crippen LogP contribution in [0.3, 0.4) is 0 Å². The molecule has 1 heterocycles. The van der Waals surface area contributed by atoms with Gasteiger partial charge in [0.05, 0.1) is 19.3 Å². The maximum Gasteiger partial charge on any atom is 0.118 e. The summed E-state index contributed by atoms with van der Waals surface area (Å²) in [5.41, 5.74) is 0.877. The van der Waals surface area contributed by atoms with Crippen LogP contribution in [0.15, 0.2) is 42.7 Å². The Labute approximate surface area is 125 Å². The highest BCUT2D eigenvalue weighted by molar-refractivity contribution is 5.28. The predicted molar refractivity (Wildman–Crippen MR) is 82.4 cm³/mol. The van der Waals surface area contributed by atoms with E-state index in [0.717, 1.165) is 11.3 Å². The number of benzene rings is 1. The Morgan fingerprint density at radius 3 is 2.57 bits per heavy atom. The van der Waals surface area contributed by atoms with Crippen molar-refractivity contribution in [3.05, 3.63) is 48.3 Å². The maximum absolute atomic E-state index is 10.2. The van der Waals surface area contributed by atoms with E-state index in [1.54, 1.807) is 13.3 Å². The molecule has 1 aromatic carbocycles. The second-order valence-corrected chi connectivity index (χ2v) is 5.21. The summed E-state index contributed by atoms with van der Waals surface area (Å²) in [6.45, 7) is 4.69. The van der Waals surface area contributed by atoms with Crippen molar-refractivity contribution in [2.75, 3.05) is 13.7 Å². The van der Waals surface area contributed by atoms with Crippen molar-refractivity contribution >= 4 is 0 Å². The van der Waals surface area contributed by atoms with Crippen LogP contribution >= 0.6 is 0 Å². The fourth-order valence-electron chi connectivity index (χ4n) is 2.16. The molecule has 0 aliphatic rings. The zero-order valence-electron chi connectivity index (χ0n) is 12.7. The number of aromatic nitrogens is 2. The van der Waals surface area contributed by atoms with Gasteiger partial charge >= 0.3 is 0 Å². The SMILES string of the molecule is COc1ccc(C(O)CNC(C)C(C)n2cccn2)cc1. The van der Waals surface area contributed by atoms with Crippen LogP contribution in [0.2, 0.25) is 0 Å². The highest BCUT2D eigenvalue weighted by Gasteiger charge is 2.15. The first-order valence-corrected chi connectivity index (χ1v) is 7.16. The summed E-state index contributed by atoms with van der Waals surface area (Å²) in [6, 6.07) is 9.82. The third-order valence-electron chi connectivity index (χ3n) is 3.80. The van der Waals surface area contributed by atoms with Crippen LogP contribution < -0.4 is 10.1 Å². The van der Waals surface area contributed by atoms with Gasteiger partial charge in [0.1, 0.15) is 5.75 Å². The van der Waals surface area contributed by atoms with E-state index in [4.69, 9.17) is 4.74 Å². The van der Waals surface area contributed by atoms with Gasteiger partial charge in [0.15, 0.2) is 0 Å². The van der Waals surface area contributed by atoms with Crippen molar-refractivity contribution in [3.63, 3.8) is 0 Å². The molecule has 5 nitrogen and oxygen atoms in total. The van der Waals surface area contributed by atoms with Crippen LogP contribution in [0.5, 0.6) is 5.75 Å². The standard InChI is InChI=1S/C16H23N3O2/c1-12(13(2)19-10-4-9-18-19)17-11-16(20)14-5-7-15(21-3)8-6-14/h4-10,12-13,16-17,20H,11H2,1-3H3. The number of hydrogen-bond donors (Lipinski definition) is 2. The number of nitrogens with one attached hydrogen (secondary N) is 1. The molecule has 0 radical (unpaired) electrons. The molecule has 5 heteroatoms. The van der Waals surface area contributed by atoms with E-state index in [-0.39, 0.29) is 12.1 Å². The second kappa shape index (κ2) is 7.24. The number of methoxy groups -OCH3 is 1. The molecule has 114 valence electrons. The van der Waals surface area contributed by atoms with Gasteiger partial charge in [-0.2, -0.15) is 5.10 Å². The van der Waals surface area contributed by atoms with E-state index in [0.29, 0.717) is 6.54 Å². The lowest BCUT2D eigenvalue weighted by atomic mass is 10.1. The zero-order valence-corrected chi connectivity index (χ0v) is 12.7. The number of aliphatic hydroxyl groups excluding tert-OH is 1. The minimum Gasteiger partial charge on any atom is -0.497 e. The summed E-state index contributed by atoms with van der Waals surface area (Å²) >= 11 is 0. The van der Waals surface area contributed by atoms with Crippen molar-refractivity contribution in [1.82, 2.24) is 15.1 Å². The van der Waals surface area contributed by atoms with Gasteiger partial charge in [-0.1, -0.05) is 12.1 Å². The van der Waals surface area contributed by atoms with Crippen LogP contribution in [0, 0.1) is 0 Å². The largest absolute Gasteiger partial charge is 0.497 e. The Hall–Kier alpha value is -1.85. The van der Waals surface area contributed by atoms with Crippen molar-refractivity contribution in [2.24, 2.45) is 0 Å². The van der Waals surface area contributed by atoms with Crippen LogP contribution in [-0.2, 0) is 0 Å². The van der Waals surface area contributed by atoms with Crippen molar-refractivity contribution in [2.45, 2.75) is 32.0 Å². The van der Waals surface area contributed by atoms with Crippen LogP contribution in [0.1, 0.15) is 31.6 Å². The van der Waals surface area contributed by atoms with Gasteiger partial charge in [0.2, 0.25) is 0 Å². The number of nitrogens with zero attached hydrogens (tertiary/aromatic N) is 2. The summed E-state index contributed by atoms with van der Waals surface area (Å²) in [5.74, 6) is 0.791. The molecule has 0 spiro atoms. The quantitative estimate of drug-likeness (QED) is 0.820. The molecule has 0 amide bonds. The Balaban J connectivity index is 1.86. The summed E-state index contributed by atoms with van der Waals surface area (Å²) < 4.78 is 7.03. The van der Waals surface area contributed by atoms with Gasteiger partial charge in [-0.25, -0.2) is 0 Å². The van der Waals surface area contributed by atoms with Gasteiger partial charge in [-0.15, -0.1) is 0 Å². The Morgan fingerprint density at radius 1 is 1.29 bits per heavy atom. The highest BCUT2D eigenvalue weighted by atomic mass is 16.5. The first-order chi connectivity index (χ1) is 10.1. The average Bonchev–Trinajstić information content (AvgIpc) is 3.06. The van der Waals surface area contributed by atoms with Gasteiger partial charge < -0.3 is 15.2 Å². The van der Waals surface area contributed by atoms with Crippen molar-refractivity contribution < 1.29 is 9.84 Å². The van der Waals surface area contributed by atoms with E-state index in [9.17, 15) is 5.11 Å².